The fourth-order valence-corrected chi connectivity index (χ4v) is 4.03. The topological polar surface area (TPSA) is 50.2 Å². The molecule has 4 rings (SSSR count). The van der Waals surface area contributed by atoms with Gasteiger partial charge in [-0.15, -0.1) is 0 Å². The van der Waals surface area contributed by atoms with Gasteiger partial charge in [-0.2, -0.15) is 5.10 Å². The molecule has 0 aliphatic carbocycles. The van der Waals surface area contributed by atoms with Gasteiger partial charge in [-0.3, -0.25) is 4.79 Å². The van der Waals surface area contributed by atoms with E-state index in [1.807, 2.05) is 65.9 Å². The zero-order valence-electron chi connectivity index (χ0n) is 16.7. The first kappa shape index (κ1) is 19.5. The number of para-hydroxylation sites is 1. The Morgan fingerprint density at radius 2 is 1.86 bits per heavy atom. The largest absolute Gasteiger partial charge is 0.380 e. The van der Waals surface area contributed by atoms with Gasteiger partial charge in [-0.05, 0) is 56.7 Å². The number of rotatable bonds is 5. The SMILES string of the molecule is Cc1nn(-c2ccc(Cl)cc2)c(C)c1CC(=O)N1CCC(Nc2ccccc2)C1. The zero-order chi connectivity index (χ0) is 20.4. The number of benzene rings is 2. The molecule has 1 atom stereocenters. The molecule has 0 spiro atoms. The Kier molecular flexibility index (Phi) is 5.58. The minimum atomic E-state index is 0.157. The third-order valence-electron chi connectivity index (χ3n) is 5.53. The zero-order valence-corrected chi connectivity index (χ0v) is 17.5. The van der Waals surface area contributed by atoms with Crippen LogP contribution in [0.1, 0.15) is 23.4 Å². The van der Waals surface area contributed by atoms with Crippen molar-refractivity contribution in [2.75, 3.05) is 18.4 Å². The van der Waals surface area contributed by atoms with Crippen LogP contribution in [0.5, 0.6) is 0 Å². The van der Waals surface area contributed by atoms with Gasteiger partial charge in [0, 0.05) is 41.1 Å². The van der Waals surface area contributed by atoms with E-state index in [1.54, 1.807) is 0 Å². The molecule has 5 nitrogen and oxygen atoms in total. The summed E-state index contributed by atoms with van der Waals surface area (Å²) in [6.07, 6.45) is 1.34. The number of hydrogen-bond donors (Lipinski definition) is 1. The second-order valence-corrected chi connectivity index (χ2v) is 7.99. The molecule has 1 aromatic heterocycles. The van der Waals surface area contributed by atoms with Gasteiger partial charge >= 0.3 is 0 Å². The van der Waals surface area contributed by atoms with Crippen LogP contribution in [-0.2, 0) is 11.2 Å². The summed E-state index contributed by atoms with van der Waals surface area (Å²) < 4.78 is 1.89. The highest BCUT2D eigenvalue weighted by molar-refractivity contribution is 6.30. The summed E-state index contributed by atoms with van der Waals surface area (Å²) in [5, 5.41) is 8.87. The number of carbonyl (C=O) groups excluding carboxylic acids is 1. The second-order valence-electron chi connectivity index (χ2n) is 7.55. The summed E-state index contributed by atoms with van der Waals surface area (Å²) in [4.78, 5) is 14.9. The van der Waals surface area contributed by atoms with Gasteiger partial charge in [-0.1, -0.05) is 29.8 Å². The predicted molar refractivity (Wildman–Crippen MR) is 117 cm³/mol. The summed E-state index contributed by atoms with van der Waals surface area (Å²) in [5.41, 5.74) is 4.94. The lowest BCUT2D eigenvalue weighted by atomic mass is 10.1. The van der Waals surface area contributed by atoms with Crippen LogP contribution in [-0.4, -0.2) is 39.7 Å². The normalized spacial score (nSPS) is 16.2. The van der Waals surface area contributed by atoms with Crippen molar-refractivity contribution in [3.8, 4) is 5.69 Å². The number of hydrogen-bond acceptors (Lipinski definition) is 3. The van der Waals surface area contributed by atoms with Crippen molar-refractivity contribution in [2.45, 2.75) is 32.7 Å². The standard InChI is InChI=1S/C23H25ClN4O/c1-16-22(17(2)28(26-16)21-10-8-18(24)9-11-21)14-23(29)27-13-12-20(15-27)25-19-6-4-3-5-7-19/h3-11,20,25H,12-15H2,1-2H3. The summed E-state index contributed by atoms with van der Waals surface area (Å²) in [7, 11) is 0. The quantitative estimate of drug-likeness (QED) is 0.680. The number of carbonyl (C=O) groups is 1. The first-order valence-electron chi connectivity index (χ1n) is 9.91. The van der Waals surface area contributed by atoms with Crippen molar-refractivity contribution in [1.82, 2.24) is 14.7 Å². The van der Waals surface area contributed by atoms with Crippen molar-refractivity contribution in [1.29, 1.82) is 0 Å². The lowest BCUT2D eigenvalue weighted by Crippen LogP contribution is -2.32. The molecule has 0 radical (unpaired) electrons. The number of likely N-dealkylation sites (tertiary alicyclic amines) is 1. The molecular formula is C23H25ClN4O. The lowest BCUT2D eigenvalue weighted by Gasteiger charge is -2.18. The molecule has 1 saturated heterocycles. The van der Waals surface area contributed by atoms with Crippen molar-refractivity contribution >= 4 is 23.2 Å². The first-order chi connectivity index (χ1) is 14.0. The number of anilines is 1. The maximum atomic E-state index is 13.0. The van der Waals surface area contributed by atoms with E-state index < -0.39 is 0 Å². The van der Waals surface area contributed by atoms with Gasteiger partial charge in [0.05, 0.1) is 17.8 Å². The number of aryl methyl sites for hydroxylation is 1. The minimum absolute atomic E-state index is 0.157. The van der Waals surface area contributed by atoms with Crippen molar-refractivity contribution in [2.24, 2.45) is 0 Å². The van der Waals surface area contributed by atoms with Crippen LogP contribution in [0.15, 0.2) is 54.6 Å². The predicted octanol–water partition coefficient (Wildman–Crippen LogP) is 4.40. The molecule has 1 unspecified atom stereocenters. The van der Waals surface area contributed by atoms with Gasteiger partial charge in [-0.25, -0.2) is 4.68 Å². The fraction of sp³-hybridized carbons (Fsp3) is 0.304. The van der Waals surface area contributed by atoms with Crippen molar-refractivity contribution in [3.05, 3.63) is 76.6 Å². The lowest BCUT2D eigenvalue weighted by molar-refractivity contribution is -0.129. The van der Waals surface area contributed by atoms with Gasteiger partial charge in [0.15, 0.2) is 0 Å². The van der Waals surface area contributed by atoms with Crippen LogP contribution in [0.4, 0.5) is 5.69 Å². The highest BCUT2D eigenvalue weighted by Gasteiger charge is 2.27. The third kappa shape index (κ3) is 4.30. The maximum absolute atomic E-state index is 13.0. The van der Waals surface area contributed by atoms with Gasteiger partial charge < -0.3 is 10.2 Å². The average Bonchev–Trinajstić information content (AvgIpc) is 3.29. The summed E-state index contributed by atoms with van der Waals surface area (Å²) in [5.74, 6) is 0.157. The van der Waals surface area contributed by atoms with Crippen molar-refractivity contribution in [3.63, 3.8) is 0 Å². The maximum Gasteiger partial charge on any atom is 0.227 e. The van der Waals surface area contributed by atoms with Crippen LogP contribution < -0.4 is 5.32 Å². The molecular weight excluding hydrogens is 384 g/mol. The average molecular weight is 409 g/mol. The number of nitrogens with one attached hydrogen (secondary N) is 1. The molecule has 150 valence electrons. The molecule has 2 aromatic carbocycles. The molecule has 2 heterocycles. The Hall–Kier alpha value is -2.79. The van der Waals surface area contributed by atoms with E-state index in [0.717, 1.165) is 47.8 Å². The van der Waals surface area contributed by atoms with Gasteiger partial charge in [0.1, 0.15) is 0 Å². The smallest absolute Gasteiger partial charge is 0.227 e. The number of aromatic nitrogens is 2. The molecule has 1 amide bonds. The number of amides is 1. The van der Waals surface area contributed by atoms with Crippen LogP contribution in [0, 0.1) is 13.8 Å². The summed E-state index contributed by atoms with van der Waals surface area (Å²) >= 11 is 5.99. The highest BCUT2D eigenvalue weighted by Crippen LogP contribution is 2.22. The van der Waals surface area contributed by atoms with E-state index in [0.29, 0.717) is 17.5 Å². The van der Waals surface area contributed by atoms with Gasteiger partial charge in [0.25, 0.3) is 0 Å². The number of nitrogens with zero attached hydrogens (tertiary/aromatic N) is 3. The van der Waals surface area contributed by atoms with E-state index in [-0.39, 0.29) is 5.91 Å². The van der Waals surface area contributed by atoms with Gasteiger partial charge in [0.2, 0.25) is 5.91 Å². The molecule has 29 heavy (non-hydrogen) atoms. The van der Waals surface area contributed by atoms with E-state index in [1.165, 1.54) is 0 Å². The van der Waals surface area contributed by atoms with Crippen molar-refractivity contribution < 1.29 is 4.79 Å². The Morgan fingerprint density at radius 3 is 2.59 bits per heavy atom. The van der Waals surface area contributed by atoms with E-state index in [9.17, 15) is 4.79 Å². The molecule has 1 aliphatic rings. The molecule has 1 N–H and O–H groups in total. The molecule has 6 heteroatoms. The Labute approximate surface area is 176 Å². The van der Waals surface area contributed by atoms with Crippen LogP contribution in [0.25, 0.3) is 5.69 Å². The highest BCUT2D eigenvalue weighted by atomic mass is 35.5. The molecule has 1 aliphatic heterocycles. The monoisotopic (exact) mass is 408 g/mol. The molecule has 1 fully saturated rings. The van der Waals surface area contributed by atoms with Crippen LogP contribution in [0.3, 0.4) is 0 Å². The Bertz CT molecular complexity index is 998. The fourth-order valence-electron chi connectivity index (χ4n) is 3.90. The Morgan fingerprint density at radius 1 is 1.14 bits per heavy atom. The van der Waals surface area contributed by atoms with Crippen LogP contribution >= 0.6 is 11.6 Å². The first-order valence-corrected chi connectivity index (χ1v) is 10.3. The molecule has 3 aromatic rings. The van der Waals surface area contributed by atoms with E-state index in [2.05, 4.69) is 22.5 Å². The summed E-state index contributed by atoms with van der Waals surface area (Å²) in [6.45, 7) is 5.50. The molecule has 0 saturated carbocycles. The van der Waals surface area contributed by atoms with E-state index in [4.69, 9.17) is 11.6 Å². The second kappa shape index (κ2) is 8.29. The third-order valence-corrected chi connectivity index (χ3v) is 5.78. The number of halogens is 1. The summed E-state index contributed by atoms with van der Waals surface area (Å²) in [6, 6.07) is 18.0. The minimum Gasteiger partial charge on any atom is -0.380 e. The van der Waals surface area contributed by atoms with E-state index >= 15 is 0 Å². The molecule has 0 bridgehead atoms. The Balaban J connectivity index is 1.43. The van der Waals surface area contributed by atoms with Crippen LogP contribution in [0.2, 0.25) is 5.02 Å².